The third-order valence-electron chi connectivity index (χ3n) is 5.49. The molecule has 0 radical (unpaired) electrons. The van der Waals surface area contributed by atoms with Crippen LogP contribution in [0.1, 0.15) is 44.2 Å². The summed E-state index contributed by atoms with van der Waals surface area (Å²) in [6.07, 6.45) is 7.54. The Bertz CT molecular complexity index is 641. The van der Waals surface area contributed by atoms with E-state index in [1.54, 1.807) is 0 Å². The first-order valence-electron chi connectivity index (χ1n) is 9.48. The van der Waals surface area contributed by atoms with Crippen LogP contribution in [-0.4, -0.2) is 74.9 Å². The van der Waals surface area contributed by atoms with E-state index in [9.17, 15) is 9.59 Å². The number of piperidine rings is 1. The van der Waals surface area contributed by atoms with E-state index >= 15 is 0 Å². The summed E-state index contributed by atoms with van der Waals surface area (Å²) in [4.78, 5) is 27.3. The normalized spacial score (nSPS) is 25.8. The van der Waals surface area contributed by atoms with Gasteiger partial charge in [0.25, 0.3) is 0 Å². The number of nitrogens with one attached hydrogen (secondary N) is 1. The van der Waals surface area contributed by atoms with Crippen LogP contribution in [0.15, 0.2) is 12.4 Å². The molecule has 1 unspecified atom stereocenters. The molecule has 2 fully saturated rings. The molecule has 1 aliphatic carbocycles. The van der Waals surface area contributed by atoms with Crippen LogP contribution < -0.4 is 5.32 Å². The van der Waals surface area contributed by atoms with Crippen molar-refractivity contribution in [2.24, 2.45) is 0 Å². The Morgan fingerprint density at radius 2 is 2.19 bits per heavy atom. The van der Waals surface area contributed by atoms with Gasteiger partial charge in [0.2, 0.25) is 0 Å². The average molecular weight is 363 g/mol. The van der Waals surface area contributed by atoms with Crippen LogP contribution in [0.2, 0.25) is 0 Å². The van der Waals surface area contributed by atoms with Crippen molar-refractivity contribution in [2.45, 2.75) is 57.7 Å². The quantitative estimate of drug-likeness (QED) is 0.799. The van der Waals surface area contributed by atoms with Gasteiger partial charge < -0.3 is 15.3 Å². The van der Waals surface area contributed by atoms with Crippen LogP contribution in [0.3, 0.4) is 0 Å². The van der Waals surface area contributed by atoms with Gasteiger partial charge in [0.15, 0.2) is 0 Å². The Morgan fingerprint density at radius 3 is 2.81 bits per heavy atom. The molecular formula is C18H29N5O3. The number of aliphatic carboxylic acids is 1. The average Bonchev–Trinajstić information content (AvgIpc) is 3.02. The smallest absolute Gasteiger partial charge is 0.317 e. The minimum absolute atomic E-state index is 0.0108. The third kappa shape index (κ3) is 4.35. The van der Waals surface area contributed by atoms with Gasteiger partial charge in [-0.05, 0) is 44.7 Å². The van der Waals surface area contributed by atoms with Crippen molar-refractivity contribution < 1.29 is 14.7 Å². The number of nitrogens with zero attached hydrogens (tertiary/aromatic N) is 4. The molecule has 1 saturated carbocycles. The Balaban J connectivity index is 1.46. The first kappa shape index (κ1) is 18.7. The van der Waals surface area contributed by atoms with E-state index in [0.717, 1.165) is 37.8 Å². The highest BCUT2D eigenvalue weighted by atomic mass is 16.4. The fraction of sp³-hybridized carbons (Fsp3) is 0.722. The fourth-order valence-electron chi connectivity index (χ4n) is 3.93. The zero-order chi connectivity index (χ0) is 18.7. The Hall–Kier alpha value is -2.09. The predicted molar refractivity (Wildman–Crippen MR) is 97.0 cm³/mol. The topological polar surface area (TPSA) is 90.7 Å². The van der Waals surface area contributed by atoms with Crippen LogP contribution in [0, 0.1) is 6.92 Å². The Kier molecular flexibility index (Phi) is 5.80. The molecule has 144 valence electrons. The first-order valence-corrected chi connectivity index (χ1v) is 9.48. The van der Waals surface area contributed by atoms with E-state index < -0.39 is 5.97 Å². The number of hydrogen-bond acceptors (Lipinski definition) is 4. The molecule has 0 aromatic carbocycles. The number of urea groups is 1. The number of aryl methyl sites for hydroxylation is 1. The number of aromatic nitrogens is 2. The molecule has 1 aliphatic heterocycles. The van der Waals surface area contributed by atoms with Crippen LogP contribution in [0.4, 0.5) is 4.79 Å². The standard InChI is InChI=1S/C18H29N5O3/c1-3-21(12-17(24)25)16-7-14(8-16)20-18(26)22-6-4-5-15(11-22)23-10-13(2)9-19-23/h9-10,14-16H,3-8,11-12H2,1-2H3,(H,20,26)(H,24,25). The number of amides is 2. The lowest BCUT2D eigenvalue weighted by molar-refractivity contribution is -0.139. The van der Waals surface area contributed by atoms with E-state index in [1.165, 1.54) is 0 Å². The van der Waals surface area contributed by atoms with Gasteiger partial charge in [0.1, 0.15) is 0 Å². The minimum Gasteiger partial charge on any atom is -0.480 e. The monoisotopic (exact) mass is 363 g/mol. The highest BCUT2D eigenvalue weighted by molar-refractivity contribution is 5.74. The summed E-state index contributed by atoms with van der Waals surface area (Å²) in [5, 5.41) is 16.5. The molecule has 1 saturated heterocycles. The predicted octanol–water partition coefficient (Wildman–Crippen LogP) is 1.48. The van der Waals surface area contributed by atoms with Crippen molar-refractivity contribution >= 4 is 12.0 Å². The molecule has 1 aromatic rings. The van der Waals surface area contributed by atoms with E-state index in [4.69, 9.17) is 5.11 Å². The number of rotatable bonds is 6. The number of hydrogen-bond donors (Lipinski definition) is 2. The van der Waals surface area contributed by atoms with E-state index in [-0.39, 0.29) is 30.7 Å². The molecule has 0 spiro atoms. The highest BCUT2D eigenvalue weighted by Gasteiger charge is 2.36. The lowest BCUT2D eigenvalue weighted by Gasteiger charge is -2.43. The van der Waals surface area contributed by atoms with Crippen LogP contribution in [0.5, 0.6) is 0 Å². The lowest BCUT2D eigenvalue weighted by Crippen LogP contribution is -2.57. The summed E-state index contributed by atoms with van der Waals surface area (Å²) >= 11 is 0. The molecule has 8 heteroatoms. The minimum atomic E-state index is -0.799. The Labute approximate surface area is 154 Å². The maximum Gasteiger partial charge on any atom is 0.317 e. The summed E-state index contributed by atoms with van der Waals surface area (Å²) in [5.41, 5.74) is 1.13. The number of carboxylic acid groups (broad SMARTS) is 1. The second kappa shape index (κ2) is 8.07. The summed E-state index contributed by atoms with van der Waals surface area (Å²) in [6, 6.07) is 0.622. The summed E-state index contributed by atoms with van der Waals surface area (Å²) in [6.45, 7) is 6.24. The Morgan fingerprint density at radius 1 is 1.42 bits per heavy atom. The van der Waals surface area contributed by atoms with Crippen molar-refractivity contribution in [2.75, 3.05) is 26.2 Å². The molecular weight excluding hydrogens is 334 g/mol. The molecule has 8 nitrogen and oxygen atoms in total. The van der Waals surface area contributed by atoms with Gasteiger partial charge >= 0.3 is 12.0 Å². The molecule has 26 heavy (non-hydrogen) atoms. The highest BCUT2D eigenvalue weighted by Crippen LogP contribution is 2.26. The maximum absolute atomic E-state index is 12.6. The zero-order valence-corrected chi connectivity index (χ0v) is 15.6. The molecule has 0 bridgehead atoms. The third-order valence-corrected chi connectivity index (χ3v) is 5.49. The van der Waals surface area contributed by atoms with Gasteiger partial charge in [-0.15, -0.1) is 0 Å². The van der Waals surface area contributed by atoms with E-state index in [0.29, 0.717) is 13.1 Å². The van der Waals surface area contributed by atoms with Gasteiger partial charge in [0, 0.05) is 31.4 Å². The molecule has 1 aromatic heterocycles. The fourth-order valence-corrected chi connectivity index (χ4v) is 3.93. The van der Waals surface area contributed by atoms with Gasteiger partial charge in [0.05, 0.1) is 18.8 Å². The molecule has 3 rings (SSSR count). The summed E-state index contributed by atoms with van der Waals surface area (Å²) < 4.78 is 1.97. The van der Waals surface area contributed by atoms with Crippen LogP contribution in [-0.2, 0) is 4.79 Å². The molecule has 2 N–H and O–H groups in total. The SMILES string of the molecule is CCN(CC(=O)O)C1CC(NC(=O)N2CCCC(n3cc(C)cn3)C2)C1. The van der Waals surface area contributed by atoms with Gasteiger partial charge in [-0.3, -0.25) is 14.4 Å². The number of carbonyl (C=O) groups is 2. The zero-order valence-electron chi connectivity index (χ0n) is 15.6. The molecule has 2 amide bonds. The molecule has 2 heterocycles. The maximum atomic E-state index is 12.6. The van der Waals surface area contributed by atoms with Gasteiger partial charge in [-0.1, -0.05) is 6.92 Å². The largest absolute Gasteiger partial charge is 0.480 e. The first-order chi connectivity index (χ1) is 12.5. The summed E-state index contributed by atoms with van der Waals surface area (Å²) in [7, 11) is 0. The number of carbonyl (C=O) groups excluding carboxylic acids is 1. The summed E-state index contributed by atoms with van der Waals surface area (Å²) in [5.74, 6) is -0.799. The van der Waals surface area contributed by atoms with Crippen molar-refractivity contribution in [1.29, 1.82) is 0 Å². The van der Waals surface area contributed by atoms with Crippen molar-refractivity contribution in [3.8, 4) is 0 Å². The van der Waals surface area contributed by atoms with Gasteiger partial charge in [-0.25, -0.2) is 4.79 Å². The number of likely N-dealkylation sites (N-methyl/N-ethyl adjacent to an activating group) is 1. The molecule has 2 aliphatic rings. The number of likely N-dealkylation sites (tertiary alicyclic amines) is 1. The second-order valence-electron chi connectivity index (χ2n) is 7.47. The van der Waals surface area contributed by atoms with E-state index in [2.05, 4.69) is 10.4 Å². The van der Waals surface area contributed by atoms with Gasteiger partial charge in [-0.2, -0.15) is 5.10 Å². The van der Waals surface area contributed by atoms with Crippen LogP contribution >= 0.6 is 0 Å². The van der Waals surface area contributed by atoms with E-state index in [1.807, 2.05) is 40.7 Å². The number of carboxylic acids is 1. The second-order valence-corrected chi connectivity index (χ2v) is 7.47. The van der Waals surface area contributed by atoms with Crippen molar-refractivity contribution in [1.82, 2.24) is 24.9 Å². The van der Waals surface area contributed by atoms with Crippen LogP contribution in [0.25, 0.3) is 0 Å². The lowest BCUT2D eigenvalue weighted by atomic mass is 9.85. The molecule has 1 atom stereocenters. The van der Waals surface area contributed by atoms with Crippen molar-refractivity contribution in [3.05, 3.63) is 18.0 Å². The van der Waals surface area contributed by atoms with Crippen molar-refractivity contribution in [3.63, 3.8) is 0 Å².